The second-order valence-electron chi connectivity index (χ2n) is 6.34. The van der Waals surface area contributed by atoms with Crippen LogP contribution in [0.2, 0.25) is 0 Å². The minimum Gasteiger partial charge on any atom is -0.452 e. The third kappa shape index (κ3) is 3.36. The van der Waals surface area contributed by atoms with Crippen molar-refractivity contribution in [1.29, 1.82) is 5.26 Å². The van der Waals surface area contributed by atoms with Crippen LogP contribution in [0.5, 0.6) is 0 Å². The molecular formula is C19H21N5O3. The molecule has 8 heteroatoms. The molecule has 8 nitrogen and oxygen atoms in total. The molecule has 0 spiro atoms. The summed E-state index contributed by atoms with van der Waals surface area (Å²) in [5.41, 5.74) is 1.87. The van der Waals surface area contributed by atoms with Crippen molar-refractivity contribution in [2.45, 2.75) is 19.8 Å². The van der Waals surface area contributed by atoms with Gasteiger partial charge in [-0.25, -0.2) is 14.8 Å². The van der Waals surface area contributed by atoms with Crippen molar-refractivity contribution in [2.24, 2.45) is 0 Å². The Kier molecular flexibility index (Phi) is 5.12. The standard InChI is InChI=1S/C19H21N5O3/c1-13-21-17(16(12-20)18(25)24(13)22(2)19(26)27-3)23-10-8-14-6-4-5-7-15(14)9-11-23/h4-7H,8-11H2,1-3H3. The number of ether oxygens (including phenoxy) is 1. The van der Waals surface area contributed by atoms with Gasteiger partial charge in [-0.15, -0.1) is 0 Å². The van der Waals surface area contributed by atoms with Crippen molar-refractivity contribution in [1.82, 2.24) is 9.66 Å². The van der Waals surface area contributed by atoms with Gasteiger partial charge >= 0.3 is 6.09 Å². The zero-order valence-electron chi connectivity index (χ0n) is 15.6. The lowest BCUT2D eigenvalue weighted by molar-refractivity contribution is 0.173. The second kappa shape index (κ2) is 7.50. The normalized spacial score (nSPS) is 13.3. The number of fused-ring (bicyclic) bond motifs is 1. The number of hydrogen-bond donors (Lipinski definition) is 0. The van der Waals surface area contributed by atoms with E-state index in [1.807, 2.05) is 23.1 Å². The summed E-state index contributed by atoms with van der Waals surface area (Å²) >= 11 is 0. The van der Waals surface area contributed by atoms with Gasteiger partial charge in [0.1, 0.15) is 11.9 Å². The first-order chi connectivity index (χ1) is 13.0. The van der Waals surface area contributed by atoms with Gasteiger partial charge in [0.05, 0.1) is 7.11 Å². The molecule has 0 aliphatic carbocycles. The molecule has 3 rings (SSSR count). The van der Waals surface area contributed by atoms with Gasteiger partial charge in [-0.05, 0) is 30.9 Å². The van der Waals surface area contributed by atoms with Crippen molar-refractivity contribution < 1.29 is 9.53 Å². The van der Waals surface area contributed by atoms with Crippen LogP contribution in [0, 0.1) is 18.3 Å². The highest BCUT2D eigenvalue weighted by atomic mass is 16.5. The number of amides is 1. The number of nitrogens with zero attached hydrogens (tertiary/aromatic N) is 5. The second-order valence-corrected chi connectivity index (χ2v) is 6.34. The molecular weight excluding hydrogens is 346 g/mol. The zero-order valence-corrected chi connectivity index (χ0v) is 15.6. The molecule has 2 aromatic rings. The highest BCUT2D eigenvalue weighted by molar-refractivity contribution is 5.77. The van der Waals surface area contributed by atoms with Crippen LogP contribution in [0.15, 0.2) is 29.1 Å². The summed E-state index contributed by atoms with van der Waals surface area (Å²) in [6, 6.07) is 10.2. The topological polar surface area (TPSA) is 91.5 Å². The number of aryl methyl sites for hydroxylation is 1. The van der Waals surface area contributed by atoms with Crippen LogP contribution in [0.4, 0.5) is 10.6 Å². The van der Waals surface area contributed by atoms with E-state index in [2.05, 4.69) is 21.9 Å². The van der Waals surface area contributed by atoms with E-state index in [9.17, 15) is 14.9 Å². The van der Waals surface area contributed by atoms with Crippen molar-refractivity contribution in [2.75, 3.05) is 37.2 Å². The lowest BCUT2D eigenvalue weighted by Crippen LogP contribution is -2.46. The number of rotatable bonds is 2. The Morgan fingerprint density at radius 2 is 1.85 bits per heavy atom. The van der Waals surface area contributed by atoms with Gasteiger partial charge < -0.3 is 9.64 Å². The third-order valence-electron chi connectivity index (χ3n) is 4.77. The van der Waals surface area contributed by atoms with Gasteiger partial charge in [0.15, 0.2) is 11.4 Å². The number of carbonyl (C=O) groups is 1. The molecule has 1 aromatic heterocycles. The Labute approximate surface area is 157 Å². The Balaban J connectivity index is 2.01. The Morgan fingerprint density at radius 3 is 2.37 bits per heavy atom. The number of benzene rings is 1. The Morgan fingerprint density at radius 1 is 1.26 bits per heavy atom. The van der Waals surface area contributed by atoms with Crippen molar-refractivity contribution in [3.05, 3.63) is 57.1 Å². The number of anilines is 1. The highest BCUT2D eigenvalue weighted by Gasteiger charge is 2.24. The monoisotopic (exact) mass is 367 g/mol. The fourth-order valence-corrected chi connectivity index (χ4v) is 3.38. The minimum absolute atomic E-state index is 0.0812. The lowest BCUT2D eigenvalue weighted by Gasteiger charge is -2.25. The number of nitriles is 1. The van der Waals surface area contributed by atoms with Crippen LogP contribution in [0.1, 0.15) is 22.5 Å². The van der Waals surface area contributed by atoms with Crippen LogP contribution >= 0.6 is 0 Å². The molecule has 1 aromatic carbocycles. The quantitative estimate of drug-likeness (QED) is 0.796. The fraction of sp³-hybridized carbons (Fsp3) is 0.368. The predicted octanol–water partition coefficient (Wildman–Crippen LogP) is 1.36. The van der Waals surface area contributed by atoms with Crippen molar-refractivity contribution in [3.63, 3.8) is 0 Å². The molecule has 140 valence electrons. The van der Waals surface area contributed by atoms with Crippen LogP contribution in [0.25, 0.3) is 0 Å². The van der Waals surface area contributed by atoms with E-state index in [1.54, 1.807) is 6.92 Å². The van der Waals surface area contributed by atoms with E-state index < -0.39 is 11.7 Å². The molecule has 1 amide bonds. The third-order valence-corrected chi connectivity index (χ3v) is 4.77. The van der Waals surface area contributed by atoms with Gasteiger partial charge in [0.2, 0.25) is 0 Å². The SMILES string of the molecule is COC(=O)N(C)n1c(C)nc(N2CCc3ccccc3CC2)c(C#N)c1=O. The summed E-state index contributed by atoms with van der Waals surface area (Å²) in [6.45, 7) is 2.95. The van der Waals surface area contributed by atoms with Gasteiger partial charge in [-0.3, -0.25) is 4.79 Å². The lowest BCUT2D eigenvalue weighted by atomic mass is 10.0. The van der Waals surface area contributed by atoms with Gasteiger partial charge in [0, 0.05) is 20.1 Å². The molecule has 1 aliphatic rings. The maximum atomic E-state index is 12.9. The van der Waals surface area contributed by atoms with E-state index in [4.69, 9.17) is 0 Å². The molecule has 0 unspecified atom stereocenters. The summed E-state index contributed by atoms with van der Waals surface area (Å²) in [7, 11) is 2.62. The summed E-state index contributed by atoms with van der Waals surface area (Å²) < 4.78 is 5.71. The summed E-state index contributed by atoms with van der Waals surface area (Å²) in [6.07, 6.45) is 0.906. The van der Waals surface area contributed by atoms with E-state index in [0.717, 1.165) is 22.5 Å². The molecule has 0 radical (unpaired) electrons. The Hall–Kier alpha value is -3.34. The van der Waals surface area contributed by atoms with Crippen LogP contribution < -0.4 is 15.5 Å². The summed E-state index contributed by atoms with van der Waals surface area (Å²) in [4.78, 5) is 31.1. The molecule has 1 aliphatic heterocycles. The summed E-state index contributed by atoms with van der Waals surface area (Å²) in [5.74, 6) is 0.672. The molecule has 0 saturated heterocycles. The molecule has 0 saturated carbocycles. The predicted molar refractivity (Wildman–Crippen MR) is 101 cm³/mol. The Bertz CT molecular complexity index is 949. The van der Waals surface area contributed by atoms with E-state index in [0.29, 0.717) is 24.7 Å². The average Bonchev–Trinajstić information content (AvgIpc) is 2.89. The summed E-state index contributed by atoms with van der Waals surface area (Å²) in [5, 5.41) is 10.6. The first-order valence-corrected chi connectivity index (χ1v) is 8.65. The highest BCUT2D eigenvalue weighted by Crippen LogP contribution is 2.21. The first-order valence-electron chi connectivity index (χ1n) is 8.65. The average molecular weight is 367 g/mol. The molecule has 2 heterocycles. The van der Waals surface area contributed by atoms with E-state index in [1.165, 1.54) is 25.3 Å². The van der Waals surface area contributed by atoms with Gasteiger partial charge in [-0.2, -0.15) is 9.94 Å². The van der Waals surface area contributed by atoms with Crippen molar-refractivity contribution in [3.8, 4) is 6.07 Å². The minimum atomic E-state index is -0.719. The molecule has 0 fully saturated rings. The van der Waals surface area contributed by atoms with Crippen LogP contribution in [-0.4, -0.2) is 43.0 Å². The fourth-order valence-electron chi connectivity index (χ4n) is 3.38. The number of carbonyl (C=O) groups excluding carboxylic acids is 1. The van der Waals surface area contributed by atoms with Crippen molar-refractivity contribution >= 4 is 11.9 Å². The number of methoxy groups -OCH3 is 1. The van der Waals surface area contributed by atoms with Gasteiger partial charge in [0.25, 0.3) is 5.56 Å². The molecule has 0 bridgehead atoms. The number of hydrogen-bond acceptors (Lipinski definition) is 6. The maximum Gasteiger partial charge on any atom is 0.428 e. The first kappa shape index (κ1) is 18.5. The largest absolute Gasteiger partial charge is 0.452 e. The van der Waals surface area contributed by atoms with E-state index in [-0.39, 0.29) is 5.56 Å². The molecule has 0 atom stereocenters. The molecule has 0 N–H and O–H groups in total. The van der Waals surface area contributed by atoms with E-state index >= 15 is 0 Å². The molecule has 27 heavy (non-hydrogen) atoms. The van der Waals surface area contributed by atoms with Crippen LogP contribution in [0.3, 0.4) is 0 Å². The zero-order chi connectivity index (χ0) is 19.6. The number of aromatic nitrogens is 2. The smallest absolute Gasteiger partial charge is 0.428 e. The maximum absolute atomic E-state index is 12.9. The van der Waals surface area contributed by atoms with Gasteiger partial charge in [-0.1, -0.05) is 24.3 Å². The van der Waals surface area contributed by atoms with Crippen LogP contribution in [-0.2, 0) is 17.6 Å².